The number of nitrogens with zero attached hydrogens (tertiary/aromatic N) is 1. The highest BCUT2D eigenvalue weighted by atomic mass is 32.1. The summed E-state index contributed by atoms with van der Waals surface area (Å²) in [6, 6.07) is 11.8. The quantitative estimate of drug-likeness (QED) is 0.555. The maximum Gasteiger partial charge on any atom is 0.187 e. The Balaban J connectivity index is 1.84. The van der Waals surface area contributed by atoms with Crippen molar-refractivity contribution in [2.75, 3.05) is 11.1 Å². The molecule has 5 N–H and O–H groups in total. The molecule has 3 aromatic rings. The first-order chi connectivity index (χ1) is 10.1. The zero-order valence-corrected chi connectivity index (χ0v) is 11.8. The molecule has 5 nitrogen and oxygen atoms in total. The van der Waals surface area contributed by atoms with Gasteiger partial charge in [0, 0.05) is 28.4 Å². The number of phenols is 2. The predicted octanol–water partition coefficient (Wildman–Crippen LogP) is 3.55. The topological polar surface area (TPSA) is 91.4 Å². The molecule has 2 aromatic carbocycles. The molecule has 0 unspecified atom stereocenters. The number of anilines is 3. The SMILES string of the molecule is Nc1ccc(Nc2nc(-c3ccc(O)cc3O)cs2)cc1. The number of nitrogens with one attached hydrogen (secondary N) is 1. The number of aromatic hydroxyl groups is 2. The lowest BCUT2D eigenvalue weighted by molar-refractivity contribution is 0.452. The smallest absolute Gasteiger partial charge is 0.187 e. The van der Waals surface area contributed by atoms with Crippen molar-refractivity contribution in [1.82, 2.24) is 4.98 Å². The fourth-order valence-electron chi connectivity index (χ4n) is 1.88. The van der Waals surface area contributed by atoms with Crippen LogP contribution in [0.1, 0.15) is 0 Å². The van der Waals surface area contributed by atoms with Crippen LogP contribution in [0.3, 0.4) is 0 Å². The van der Waals surface area contributed by atoms with Crippen LogP contribution in [-0.2, 0) is 0 Å². The number of thiazole rings is 1. The maximum absolute atomic E-state index is 9.84. The fraction of sp³-hybridized carbons (Fsp3) is 0. The molecule has 3 rings (SSSR count). The van der Waals surface area contributed by atoms with Gasteiger partial charge in [-0.25, -0.2) is 4.98 Å². The summed E-state index contributed by atoms with van der Waals surface area (Å²) in [6.07, 6.45) is 0. The summed E-state index contributed by atoms with van der Waals surface area (Å²) in [5.41, 5.74) is 8.46. The van der Waals surface area contributed by atoms with E-state index in [1.807, 2.05) is 29.6 Å². The lowest BCUT2D eigenvalue weighted by Crippen LogP contribution is -1.90. The van der Waals surface area contributed by atoms with E-state index in [0.717, 1.165) is 5.69 Å². The maximum atomic E-state index is 9.84. The Morgan fingerprint density at radius 1 is 1.05 bits per heavy atom. The van der Waals surface area contributed by atoms with Crippen molar-refractivity contribution < 1.29 is 10.2 Å². The molecule has 0 aliphatic rings. The summed E-state index contributed by atoms with van der Waals surface area (Å²) in [5.74, 6) is 0.0195. The second kappa shape index (κ2) is 5.34. The van der Waals surface area contributed by atoms with Gasteiger partial charge in [0.2, 0.25) is 0 Å². The summed E-state index contributed by atoms with van der Waals surface area (Å²) in [5, 5.41) is 24.9. The number of phenolic OH excluding ortho intramolecular Hbond substituents is 2. The van der Waals surface area contributed by atoms with Gasteiger partial charge in [-0.15, -0.1) is 11.3 Å². The molecule has 0 atom stereocenters. The summed E-state index contributed by atoms with van der Waals surface area (Å²) < 4.78 is 0. The molecule has 1 heterocycles. The molecule has 106 valence electrons. The van der Waals surface area contributed by atoms with Crippen LogP contribution in [0.4, 0.5) is 16.5 Å². The van der Waals surface area contributed by atoms with Crippen LogP contribution in [0.25, 0.3) is 11.3 Å². The molecule has 21 heavy (non-hydrogen) atoms. The molecule has 6 heteroatoms. The Kier molecular flexibility index (Phi) is 3.37. The average Bonchev–Trinajstić information content (AvgIpc) is 2.90. The molecule has 0 amide bonds. The van der Waals surface area contributed by atoms with Gasteiger partial charge in [-0.1, -0.05) is 0 Å². The van der Waals surface area contributed by atoms with Crippen molar-refractivity contribution >= 4 is 27.8 Å². The first-order valence-electron chi connectivity index (χ1n) is 6.22. The minimum atomic E-state index is -0.000616. The first-order valence-corrected chi connectivity index (χ1v) is 7.10. The van der Waals surface area contributed by atoms with Gasteiger partial charge in [0.25, 0.3) is 0 Å². The Labute approximate surface area is 125 Å². The normalized spacial score (nSPS) is 10.5. The van der Waals surface area contributed by atoms with Crippen molar-refractivity contribution in [3.05, 3.63) is 47.8 Å². The van der Waals surface area contributed by atoms with E-state index in [2.05, 4.69) is 10.3 Å². The zero-order valence-electron chi connectivity index (χ0n) is 10.9. The Morgan fingerprint density at radius 3 is 2.52 bits per heavy atom. The van der Waals surface area contributed by atoms with Crippen LogP contribution >= 0.6 is 11.3 Å². The average molecular weight is 299 g/mol. The number of nitrogen functional groups attached to an aromatic ring is 1. The predicted molar refractivity (Wildman–Crippen MR) is 85.0 cm³/mol. The minimum Gasteiger partial charge on any atom is -0.508 e. The molecule has 0 fully saturated rings. The second-order valence-corrected chi connectivity index (χ2v) is 5.34. The van der Waals surface area contributed by atoms with Gasteiger partial charge in [-0.2, -0.15) is 0 Å². The summed E-state index contributed by atoms with van der Waals surface area (Å²) in [7, 11) is 0. The van der Waals surface area contributed by atoms with E-state index in [4.69, 9.17) is 5.73 Å². The molecular weight excluding hydrogens is 286 g/mol. The van der Waals surface area contributed by atoms with Crippen LogP contribution in [0.15, 0.2) is 47.8 Å². The van der Waals surface area contributed by atoms with E-state index in [0.29, 0.717) is 22.1 Å². The van der Waals surface area contributed by atoms with Crippen LogP contribution in [-0.4, -0.2) is 15.2 Å². The Bertz CT molecular complexity index is 769. The van der Waals surface area contributed by atoms with E-state index in [-0.39, 0.29) is 11.5 Å². The number of hydrogen-bond donors (Lipinski definition) is 4. The van der Waals surface area contributed by atoms with Gasteiger partial charge >= 0.3 is 0 Å². The number of nitrogens with two attached hydrogens (primary N) is 1. The van der Waals surface area contributed by atoms with E-state index >= 15 is 0 Å². The lowest BCUT2D eigenvalue weighted by Gasteiger charge is -2.03. The molecule has 0 saturated carbocycles. The first kappa shape index (κ1) is 13.3. The molecule has 0 radical (unpaired) electrons. The number of hydrogen-bond acceptors (Lipinski definition) is 6. The number of rotatable bonds is 3. The lowest BCUT2D eigenvalue weighted by atomic mass is 10.1. The molecule has 0 bridgehead atoms. The van der Waals surface area contributed by atoms with Gasteiger partial charge in [0.1, 0.15) is 11.5 Å². The standard InChI is InChI=1S/C15H13N3O2S/c16-9-1-3-10(4-2-9)17-15-18-13(8-21-15)12-6-5-11(19)7-14(12)20/h1-8,19-20H,16H2,(H,17,18). The van der Waals surface area contributed by atoms with Crippen molar-refractivity contribution in [2.24, 2.45) is 0 Å². The summed E-state index contributed by atoms with van der Waals surface area (Å²) in [6.45, 7) is 0. The zero-order chi connectivity index (χ0) is 14.8. The number of aromatic nitrogens is 1. The minimum absolute atomic E-state index is 0.000616. The van der Waals surface area contributed by atoms with Crippen molar-refractivity contribution in [2.45, 2.75) is 0 Å². The van der Waals surface area contributed by atoms with E-state index in [1.54, 1.807) is 6.07 Å². The second-order valence-electron chi connectivity index (χ2n) is 4.49. The third-order valence-electron chi connectivity index (χ3n) is 2.92. The van der Waals surface area contributed by atoms with Gasteiger partial charge in [0.05, 0.1) is 5.69 Å². The summed E-state index contributed by atoms with van der Waals surface area (Å²) in [4.78, 5) is 4.42. The fourth-order valence-corrected chi connectivity index (χ4v) is 2.61. The highest BCUT2D eigenvalue weighted by molar-refractivity contribution is 7.14. The van der Waals surface area contributed by atoms with Gasteiger partial charge in [-0.3, -0.25) is 0 Å². The summed E-state index contributed by atoms with van der Waals surface area (Å²) >= 11 is 1.43. The Hall–Kier alpha value is -2.73. The third-order valence-corrected chi connectivity index (χ3v) is 3.68. The van der Waals surface area contributed by atoms with E-state index < -0.39 is 0 Å². The molecule has 0 saturated heterocycles. The Morgan fingerprint density at radius 2 is 1.81 bits per heavy atom. The van der Waals surface area contributed by atoms with Crippen molar-refractivity contribution in [3.8, 4) is 22.8 Å². The number of benzene rings is 2. The molecule has 0 aliphatic heterocycles. The van der Waals surface area contributed by atoms with Crippen molar-refractivity contribution in [3.63, 3.8) is 0 Å². The van der Waals surface area contributed by atoms with Gasteiger partial charge in [-0.05, 0) is 36.4 Å². The highest BCUT2D eigenvalue weighted by Gasteiger charge is 2.09. The largest absolute Gasteiger partial charge is 0.508 e. The molecule has 1 aromatic heterocycles. The highest BCUT2D eigenvalue weighted by Crippen LogP contribution is 2.34. The van der Waals surface area contributed by atoms with E-state index in [9.17, 15) is 10.2 Å². The third kappa shape index (κ3) is 2.90. The van der Waals surface area contributed by atoms with Gasteiger partial charge < -0.3 is 21.3 Å². The van der Waals surface area contributed by atoms with Crippen molar-refractivity contribution in [1.29, 1.82) is 0 Å². The van der Waals surface area contributed by atoms with Gasteiger partial charge in [0.15, 0.2) is 5.13 Å². The van der Waals surface area contributed by atoms with Crippen LogP contribution in [0, 0.1) is 0 Å². The van der Waals surface area contributed by atoms with Crippen LogP contribution in [0.2, 0.25) is 0 Å². The van der Waals surface area contributed by atoms with Crippen LogP contribution in [0.5, 0.6) is 11.5 Å². The molecular formula is C15H13N3O2S. The van der Waals surface area contributed by atoms with Crippen LogP contribution < -0.4 is 11.1 Å². The molecule has 0 spiro atoms. The van der Waals surface area contributed by atoms with E-state index in [1.165, 1.54) is 23.5 Å². The molecule has 0 aliphatic carbocycles. The monoisotopic (exact) mass is 299 g/mol.